The zero-order chi connectivity index (χ0) is 23.4. The number of nitrogens with zero attached hydrogens (tertiary/aromatic N) is 1. The van der Waals surface area contributed by atoms with Crippen molar-refractivity contribution in [3.05, 3.63) is 102 Å². The first-order chi connectivity index (χ1) is 15.8. The second kappa shape index (κ2) is 9.58. The average molecular weight is 472 g/mol. The molecule has 1 N–H and O–H groups in total. The molecule has 0 saturated carbocycles. The van der Waals surface area contributed by atoms with Gasteiger partial charge < -0.3 is 10.1 Å². The number of amides is 2. The summed E-state index contributed by atoms with van der Waals surface area (Å²) >= 11 is 1.03. The van der Waals surface area contributed by atoms with Gasteiger partial charge in [0.2, 0.25) is 5.44 Å². The van der Waals surface area contributed by atoms with Crippen LogP contribution in [0.3, 0.4) is 0 Å². The molecule has 170 valence electrons. The van der Waals surface area contributed by atoms with Crippen LogP contribution in [0.4, 0.5) is 23.7 Å². The maximum absolute atomic E-state index is 13.0. The molecule has 1 unspecified atom stereocenters. The normalized spacial score (nSPS) is 16.2. The molecule has 5 nitrogen and oxygen atoms in total. The lowest BCUT2D eigenvalue weighted by Crippen LogP contribution is -2.36. The zero-order valence-corrected chi connectivity index (χ0v) is 18.0. The molecule has 1 fully saturated rings. The number of rotatable bonds is 5. The second-order valence-electron chi connectivity index (χ2n) is 7.25. The van der Waals surface area contributed by atoms with Gasteiger partial charge in [0.25, 0.3) is 5.91 Å². The Morgan fingerprint density at radius 3 is 2.15 bits per heavy atom. The molecule has 33 heavy (non-hydrogen) atoms. The van der Waals surface area contributed by atoms with Gasteiger partial charge in [0.15, 0.2) is 0 Å². The fourth-order valence-corrected chi connectivity index (χ4v) is 4.43. The summed E-state index contributed by atoms with van der Waals surface area (Å²) in [6, 6.07) is 22.6. The molecule has 0 bridgehead atoms. The minimum atomic E-state index is -4.52. The van der Waals surface area contributed by atoms with Crippen molar-refractivity contribution in [3.63, 3.8) is 0 Å². The maximum atomic E-state index is 13.0. The molecule has 3 aromatic carbocycles. The Labute approximate surface area is 192 Å². The minimum Gasteiger partial charge on any atom is -0.425 e. The molecular weight excluding hydrogens is 453 g/mol. The van der Waals surface area contributed by atoms with E-state index in [0.717, 1.165) is 35.0 Å². The van der Waals surface area contributed by atoms with Crippen LogP contribution in [-0.4, -0.2) is 23.3 Å². The predicted octanol–water partition coefficient (Wildman–Crippen LogP) is 5.58. The Morgan fingerprint density at radius 1 is 0.970 bits per heavy atom. The van der Waals surface area contributed by atoms with Crippen LogP contribution in [0.15, 0.2) is 84.9 Å². The number of hydrogen-bond acceptors (Lipinski definition) is 4. The number of ether oxygens (including phenoxy) is 1. The highest BCUT2D eigenvalue weighted by Gasteiger charge is 2.38. The third-order valence-corrected chi connectivity index (χ3v) is 6.06. The maximum Gasteiger partial charge on any atom is 0.416 e. The molecule has 1 aliphatic heterocycles. The number of hydrogen-bond donors (Lipinski definition) is 1. The fraction of sp³-hybridized carbons (Fsp3) is 0.167. The third-order valence-electron chi connectivity index (χ3n) is 5.05. The number of anilines is 1. The molecule has 0 spiro atoms. The molecular formula is C24H19F3N2O3S. The van der Waals surface area contributed by atoms with E-state index in [9.17, 15) is 22.8 Å². The van der Waals surface area contributed by atoms with E-state index in [-0.39, 0.29) is 11.6 Å². The van der Waals surface area contributed by atoms with Crippen molar-refractivity contribution in [3.8, 4) is 0 Å². The van der Waals surface area contributed by atoms with E-state index < -0.39 is 35.2 Å². The summed E-state index contributed by atoms with van der Waals surface area (Å²) in [4.78, 5) is 26.6. The largest absolute Gasteiger partial charge is 0.425 e. The molecule has 2 amide bonds. The molecule has 9 heteroatoms. The van der Waals surface area contributed by atoms with E-state index in [2.05, 4.69) is 5.32 Å². The summed E-state index contributed by atoms with van der Waals surface area (Å²) in [7, 11) is 0. The van der Waals surface area contributed by atoms with Gasteiger partial charge in [0.05, 0.1) is 17.5 Å². The molecule has 1 heterocycles. The first kappa shape index (κ1) is 22.7. The Morgan fingerprint density at radius 2 is 1.58 bits per heavy atom. The molecule has 3 aromatic rings. The molecule has 4 rings (SSSR count). The topological polar surface area (TPSA) is 58.6 Å². The third kappa shape index (κ3) is 5.31. The van der Waals surface area contributed by atoms with Crippen LogP contribution in [0.2, 0.25) is 0 Å². The van der Waals surface area contributed by atoms with Crippen molar-refractivity contribution in [2.24, 2.45) is 0 Å². The average Bonchev–Trinajstić information content (AvgIpc) is 3.18. The minimum absolute atomic E-state index is 0.0683. The van der Waals surface area contributed by atoms with E-state index in [1.807, 2.05) is 60.7 Å². The van der Waals surface area contributed by atoms with Crippen LogP contribution in [0.5, 0.6) is 0 Å². The van der Waals surface area contributed by atoms with Gasteiger partial charge in [-0.15, -0.1) is 0 Å². The van der Waals surface area contributed by atoms with Crippen LogP contribution >= 0.6 is 11.8 Å². The number of alkyl carbamates (subject to hydrolysis) is 1. The van der Waals surface area contributed by atoms with Gasteiger partial charge in [-0.05, 0) is 29.3 Å². The van der Waals surface area contributed by atoms with Crippen molar-refractivity contribution in [1.82, 2.24) is 5.32 Å². The van der Waals surface area contributed by atoms with E-state index in [1.165, 1.54) is 17.0 Å². The Balaban J connectivity index is 1.46. The van der Waals surface area contributed by atoms with Crippen molar-refractivity contribution < 1.29 is 27.5 Å². The SMILES string of the molecule is O=C(NC(c1ccccc1)c1ccccc1)OC1SCN(c2cccc(C(F)(F)F)c2)C1=O. The van der Waals surface area contributed by atoms with E-state index in [4.69, 9.17) is 4.74 Å². The Kier molecular flexibility index (Phi) is 6.60. The van der Waals surface area contributed by atoms with E-state index in [1.54, 1.807) is 0 Å². The number of thioether (sulfide) groups is 1. The number of benzene rings is 3. The molecule has 0 aliphatic carbocycles. The standard InChI is InChI=1S/C24H19F3N2O3S/c25-24(26,27)18-12-7-13-19(14-18)29-15-33-22(21(29)30)32-23(31)28-20(16-8-3-1-4-9-16)17-10-5-2-6-11-17/h1-14,20,22H,15H2,(H,28,31). The van der Waals surface area contributed by atoms with Crippen LogP contribution in [-0.2, 0) is 15.7 Å². The summed E-state index contributed by atoms with van der Waals surface area (Å²) in [6.07, 6.45) is -5.32. The Bertz CT molecular complexity index is 1090. The van der Waals surface area contributed by atoms with E-state index >= 15 is 0 Å². The molecule has 1 aliphatic rings. The van der Waals surface area contributed by atoms with Gasteiger partial charge in [0.1, 0.15) is 0 Å². The van der Waals surface area contributed by atoms with Crippen molar-refractivity contribution in [1.29, 1.82) is 0 Å². The second-order valence-corrected chi connectivity index (χ2v) is 8.27. The Hall–Kier alpha value is -3.46. The van der Waals surface area contributed by atoms with Gasteiger partial charge in [-0.1, -0.05) is 78.5 Å². The fourth-order valence-electron chi connectivity index (χ4n) is 3.44. The molecule has 1 atom stereocenters. The van der Waals surface area contributed by atoms with Crippen molar-refractivity contribution in [2.75, 3.05) is 10.8 Å². The first-order valence-corrected chi connectivity index (χ1v) is 11.0. The number of halogens is 3. The molecule has 0 radical (unpaired) electrons. The highest BCUT2D eigenvalue weighted by Crippen LogP contribution is 2.35. The summed E-state index contributed by atoms with van der Waals surface area (Å²) in [5, 5.41) is 2.79. The number of carbonyl (C=O) groups is 2. The predicted molar refractivity (Wildman–Crippen MR) is 120 cm³/mol. The van der Waals surface area contributed by atoms with Crippen molar-refractivity contribution in [2.45, 2.75) is 17.7 Å². The molecule has 1 saturated heterocycles. The smallest absolute Gasteiger partial charge is 0.416 e. The highest BCUT2D eigenvalue weighted by atomic mass is 32.2. The number of nitrogens with one attached hydrogen (secondary N) is 1. The summed E-state index contributed by atoms with van der Waals surface area (Å²) in [6.45, 7) is 0. The summed E-state index contributed by atoms with van der Waals surface area (Å²) < 4.78 is 44.4. The summed E-state index contributed by atoms with van der Waals surface area (Å²) in [5.74, 6) is -0.524. The van der Waals surface area contributed by atoms with Crippen LogP contribution in [0.1, 0.15) is 22.7 Å². The quantitative estimate of drug-likeness (QED) is 0.526. The lowest BCUT2D eigenvalue weighted by molar-refractivity contribution is -0.137. The highest BCUT2D eigenvalue weighted by molar-refractivity contribution is 8.01. The summed E-state index contributed by atoms with van der Waals surface area (Å²) in [5.41, 5.74) is -0.256. The van der Waals surface area contributed by atoms with Crippen molar-refractivity contribution >= 4 is 29.4 Å². The van der Waals surface area contributed by atoms with Gasteiger partial charge in [0, 0.05) is 5.69 Å². The zero-order valence-electron chi connectivity index (χ0n) is 17.2. The lowest BCUT2D eigenvalue weighted by atomic mass is 9.99. The van der Waals surface area contributed by atoms with Gasteiger partial charge in [-0.2, -0.15) is 13.2 Å². The first-order valence-electron chi connectivity index (χ1n) is 10.0. The van der Waals surface area contributed by atoms with Crippen LogP contribution in [0, 0.1) is 0 Å². The van der Waals surface area contributed by atoms with Gasteiger partial charge >= 0.3 is 12.3 Å². The monoisotopic (exact) mass is 472 g/mol. The van der Waals surface area contributed by atoms with Crippen LogP contribution in [0.25, 0.3) is 0 Å². The van der Waals surface area contributed by atoms with Crippen LogP contribution < -0.4 is 10.2 Å². The molecule has 0 aromatic heterocycles. The number of alkyl halides is 3. The van der Waals surface area contributed by atoms with Gasteiger partial charge in [-0.25, -0.2) is 4.79 Å². The lowest BCUT2D eigenvalue weighted by Gasteiger charge is -2.21. The number of carbonyl (C=O) groups excluding carboxylic acids is 2. The van der Waals surface area contributed by atoms with E-state index in [0.29, 0.717) is 0 Å². The van der Waals surface area contributed by atoms with Gasteiger partial charge in [-0.3, -0.25) is 9.69 Å².